The van der Waals surface area contributed by atoms with E-state index >= 15 is 0 Å². The smallest absolute Gasteiger partial charge is 0.224 e. The lowest BCUT2D eigenvalue weighted by atomic mass is 9.97. The van der Waals surface area contributed by atoms with Crippen molar-refractivity contribution in [2.24, 2.45) is 5.92 Å². The Labute approximate surface area is 183 Å². The van der Waals surface area contributed by atoms with Crippen LogP contribution >= 0.6 is 0 Å². The highest BCUT2D eigenvalue weighted by atomic mass is 19.1. The van der Waals surface area contributed by atoms with Crippen LogP contribution in [0, 0.1) is 11.7 Å². The molecule has 4 rings (SSSR count). The van der Waals surface area contributed by atoms with Crippen LogP contribution in [0.5, 0.6) is 0 Å². The van der Waals surface area contributed by atoms with E-state index in [0.29, 0.717) is 12.2 Å². The molecule has 6 nitrogen and oxygen atoms in total. The number of hydrogen-bond acceptors (Lipinski definition) is 5. The minimum absolute atomic E-state index is 0.0117. The van der Waals surface area contributed by atoms with E-state index in [4.69, 9.17) is 0 Å². The number of anilines is 1. The number of amides is 1. The summed E-state index contributed by atoms with van der Waals surface area (Å²) >= 11 is 0. The molecule has 2 aliphatic heterocycles. The van der Waals surface area contributed by atoms with E-state index in [1.54, 1.807) is 12.1 Å². The molecule has 1 aromatic carbocycles. The summed E-state index contributed by atoms with van der Waals surface area (Å²) in [7, 11) is 0. The molecule has 0 spiro atoms. The monoisotopic (exact) mass is 425 g/mol. The van der Waals surface area contributed by atoms with E-state index in [1.165, 1.54) is 44.5 Å². The van der Waals surface area contributed by atoms with Crippen LogP contribution in [0.25, 0.3) is 11.3 Å². The second-order valence-electron chi connectivity index (χ2n) is 8.62. The molecule has 1 aromatic heterocycles. The summed E-state index contributed by atoms with van der Waals surface area (Å²) in [6.45, 7) is 5.77. The molecule has 3 heterocycles. The topological polar surface area (TPSA) is 61.4 Å². The Hall–Kier alpha value is -2.54. The van der Waals surface area contributed by atoms with Gasteiger partial charge in [-0.2, -0.15) is 0 Å². The number of benzene rings is 1. The molecule has 0 radical (unpaired) electrons. The quantitative estimate of drug-likeness (QED) is 0.688. The SMILES string of the molecule is O=C(NCCCN1CCCCC1)[C@@H]1CCCN(c2ccc(-c3ccc(F)cc3)nn2)C1. The maximum absolute atomic E-state index is 13.1. The number of hydrogen-bond donors (Lipinski definition) is 1. The maximum Gasteiger partial charge on any atom is 0.224 e. The van der Waals surface area contributed by atoms with E-state index in [9.17, 15) is 9.18 Å². The molecule has 1 atom stereocenters. The zero-order valence-corrected chi connectivity index (χ0v) is 18.1. The van der Waals surface area contributed by atoms with Crippen molar-refractivity contribution in [3.05, 3.63) is 42.2 Å². The highest BCUT2D eigenvalue weighted by Crippen LogP contribution is 2.23. The number of aromatic nitrogens is 2. The number of carbonyl (C=O) groups excluding carboxylic acids is 1. The molecular formula is C24H32FN5O. The first-order valence-electron chi connectivity index (χ1n) is 11.5. The van der Waals surface area contributed by atoms with Gasteiger partial charge in [0.1, 0.15) is 5.82 Å². The van der Waals surface area contributed by atoms with Gasteiger partial charge in [0.15, 0.2) is 5.82 Å². The average Bonchev–Trinajstić information content (AvgIpc) is 2.83. The summed E-state index contributed by atoms with van der Waals surface area (Å²) in [5, 5.41) is 11.8. The van der Waals surface area contributed by atoms with E-state index in [2.05, 4.69) is 25.3 Å². The van der Waals surface area contributed by atoms with E-state index in [1.807, 2.05) is 12.1 Å². The standard InChI is InChI=1S/C24H32FN5O/c25-21-9-7-19(8-10-21)22-11-12-23(28-27-22)30-17-4-6-20(18-30)24(31)26-13-5-16-29-14-2-1-3-15-29/h7-12,20H,1-6,13-18H2,(H,26,31)/t20-/m1/s1. The molecule has 166 valence electrons. The minimum atomic E-state index is -0.266. The fourth-order valence-electron chi connectivity index (χ4n) is 4.51. The third-order valence-corrected chi connectivity index (χ3v) is 6.31. The summed E-state index contributed by atoms with van der Waals surface area (Å²) in [4.78, 5) is 17.3. The number of carbonyl (C=O) groups is 1. The molecule has 0 saturated carbocycles. The minimum Gasteiger partial charge on any atom is -0.356 e. The van der Waals surface area contributed by atoms with Crippen LogP contribution in [0.4, 0.5) is 10.2 Å². The molecule has 2 fully saturated rings. The number of nitrogens with zero attached hydrogens (tertiary/aromatic N) is 4. The fourth-order valence-corrected chi connectivity index (χ4v) is 4.51. The third kappa shape index (κ3) is 6.00. The van der Waals surface area contributed by atoms with Gasteiger partial charge >= 0.3 is 0 Å². The van der Waals surface area contributed by atoms with Gasteiger partial charge in [-0.15, -0.1) is 10.2 Å². The molecule has 2 aromatic rings. The summed E-state index contributed by atoms with van der Waals surface area (Å²) in [6.07, 6.45) is 6.85. The van der Waals surface area contributed by atoms with Gasteiger partial charge in [0.05, 0.1) is 11.6 Å². The van der Waals surface area contributed by atoms with Crippen LogP contribution < -0.4 is 10.2 Å². The molecule has 0 aliphatic carbocycles. The van der Waals surface area contributed by atoms with Gasteiger partial charge in [-0.3, -0.25) is 4.79 Å². The van der Waals surface area contributed by atoms with Crippen molar-refractivity contribution in [1.29, 1.82) is 0 Å². The summed E-state index contributed by atoms with van der Waals surface area (Å²) < 4.78 is 13.1. The Morgan fingerprint density at radius 2 is 1.81 bits per heavy atom. The zero-order valence-electron chi connectivity index (χ0n) is 18.1. The number of nitrogens with one attached hydrogen (secondary N) is 1. The number of halogens is 1. The van der Waals surface area contributed by atoms with E-state index < -0.39 is 0 Å². The normalized spacial score (nSPS) is 19.9. The van der Waals surface area contributed by atoms with Crippen molar-refractivity contribution >= 4 is 11.7 Å². The highest BCUT2D eigenvalue weighted by Gasteiger charge is 2.26. The van der Waals surface area contributed by atoms with Gasteiger partial charge in [0.2, 0.25) is 5.91 Å². The lowest BCUT2D eigenvalue weighted by molar-refractivity contribution is -0.125. The van der Waals surface area contributed by atoms with E-state index in [-0.39, 0.29) is 17.6 Å². The fraction of sp³-hybridized carbons (Fsp3) is 0.542. The van der Waals surface area contributed by atoms with Crippen LogP contribution in [0.15, 0.2) is 36.4 Å². The Balaban J connectivity index is 1.25. The third-order valence-electron chi connectivity index (χ3n) is 6.31. The van der Waals surface area contributed by atoms with E-state index in [0.717, 1.165) is 50.3 Å². The second kappa shape index (κ2) is 10.7. The van der Waals surface area contributed by atoms with Gasteiger partial charge < -0.3 is 15.1 Å². The highest BCUT2D eigenvalue weighted by molar-refractivity contribution is 5.79. The van der Waals surface area contributed by atoms with Crippen LogP contribution in [0.3, 0.4) is 0 Å². The van der Waals surface area contributed by atoms with Crippen molar-refractivity contribution in [1.82, 2.24) is 20.4 Å². The molecule has 7 heteroatoms. The van der Waals surface area contributed by atoms with Crippen LogP contribution in [0.1, 0.15) is 38.5 Å². The molecule has 2 aliphatic rings. The zero-order chi connectivity index (χ0) is 21.5. The van der Waals surface area contributed by atoms with Crippen molar-refractivity contribution in [3.63, 3.8) is 0 Å². The van der Waals surface area contributed by atoms with Gasteiger partial charge in [0.25, 0.3) is 0 Å². The lowest BCUT2D eigenvalue weighted by Crippen LogP contribution is -2.44. The van der Waals surface area contributed by atoms with Gasteiger partial charge in [-0.1, -0.05) is 6.42 Å². The van der Waals surface area contributed by atoms with Crippen LogP contribution in [-0.4, -0.2) is 60.3 Å². The average molecular weight is 426 g/mol. The van der Waals surface area contributed by atoms with Crippen molar-refractivity contribution < 1.29 is 9.18 Å². The number of piperidine rings is 2. The summed E-state index contributed by atoms with van der Waals surface area (Å²) in [5.74, 6) is 0.660. The first-order valence-corrected chi connectivity index (χ1v) is 11.5. The van der Waals surface area contributed by atoms with Gasteiger partial charge in [0, 0.05) is 25.2 Å². The van der Waals surface area contributed by atoms with Crippen molar-refractivity contribution in [2.45, 2.75) is 38.5 Å². The molecule has 0 bridgehead atoms. The van der Waals surface area contributed by atoms with Crippen molar-refractivity contribution in [3.8, 4) is 11.3 Å². The Kier molecular flexibility index (Phi) is 7.46. The molecule has 1 amide bonds. The second-order valence-corrected chi connectivity index (χ2v) is 8.62. The first-order chi connectivity index (χ1) is 15.2. The molecule has 2 saturated heterocycles. The lowest BCUT2D eigenvalue weighted by Gasteiger charge is -2.32. The van der Waals surface area contributed by atoms with Crippen LogP contribution in [0.2, 0.25) is 0 Å². The number of rotatable bonds is 7. The predicted molar refractivity (Wildman–Crippen MR) is 120 cm³/mol. The maximum atomic E-state index is 13.1. The Bertz CT molecular complexity index is 836. The summed E-state index contributed by atoms with van der Waals surface area (Å²) in [5.41, 5.74) is 1.55. The van der Waals surface area contributed by atoms with Gasteiger partial charge in [-0.05, 0) is 88.1 Å². The van der Waals surface area contributed by atoms with Crippen molar-refractivity contribution in [2.75, 3.05) is 44.2 Å². The number of likely N-dealkylation sites (tertiary alicyclic amines) is 1. The molecule has 0 unspecified atom stereocenters. The van der Waals surface area contributed by atoms with Crippen LogP contribution in [-0.2, 0) is 4.79 Å². The summed E-state index contributed by atoms with van der Waals surface area (Å²) in [6, 6.07) is 10.1. The Morgan fingerprint density at radius 1 is 1.00 bits per heavy atom. The Morgan fingerprint density at radius 3 is 2.55 bits per heavy atom. The largest absolute Gasteiger partial charge is 0.356 e. The predicted octanol–water partition coefficient (Wildman–Crippen LogP) is 3.49. The van der Waals surface area contributed by atoms with Gasteiger partial charge in [-0.25, -0.2) is 4.39 Å². The molecule has 1 N–H and O–H groups in total. The first kappa shape index (κ1) is 21.7. The molecular weight excluding hydrogens is 393 g/mol. The molecule has 31 heavy (non-hydrogen) atoms.